The molecule has 41 heavy (non-hydrogen) atoms. The van der Waals surface area contributed by atoms with Crippen molar-refractivity contribution >= 4 is 38.5 Å². The number of thiazole rings is 1. The molecule has 5 aromatic rings. The van der Waals surface area contributed by atoms with Gasteiger partial charge in [-0.05, 0) is 54.3 Å². The molecule has 3 N–H and O–H groups in total. The lowest BCUT2D eigenvalue weighted by atomic mass is 9.89. The van der Waals surface area contributed by atoms with Crippen molar-refractivity contribution in [2.45, 2.75) is 45.1 Å². The molecule has 6 rings (SSSR count). The van der Waals surface area contributed by atoms with Crippen LogP contribution in [0.25, 0.3) is 21.5 Å². The van der Waals surface area contributed by atoms with Gasteiger partial charge in [0.05, 0.1) is 28.1 Å². The Morgan fingerprint density at radius 1 is 0.927 bits per heavy atom. The highest BCUT2D eigenvalue weighted by atomic mass is 32.1. The van der Waals surface area contributed by atoms with Crippen molar-refractivity contribution in [1.29, 1.82) is 0 Å². The molecule has 1 aliphatic carbocycles. The van der Waals surface area contributed by atoms with Gasteiger partial charge < -0.3 is 5.32 Å². The van der Waals surface area contributed by atoms with E-state index in [1.165, 1.54) is 23.3 Å². The van der Waals surface area contributed by atoms with Crippen LogP contribution in [0.15, 0.2) is 78.9 Å². The number of hydrogen-bond donors (Lipinski definition) is 3. The number of benzene rings is 3. The van der Waals surface area contributed by atoms with Gasteiger partial charge in [-0.2, -0.15) is 5.10 Å². The molecule has 208 valence electrons. The molecule has 9 heteroatoms. The van der Waals surface area contributed by atoms with Crippen LogP contribution in [0, 0.1) is 5.92 Å². The molecule has 0 atom stereocenters. The predicted molar refractivity (Wildman–Crippen MR) is 160 cm³/mol. The monoisotopic (exact) mass is 565 g/mol. The minimum absolute atomic E-state index is 0.0788. The molecule has 0 unspecified atom stereocenters. The van der Waals surface area contributed by atoms with Gasteiger partial charge in [0, 0.05) is 23.5 Å². The molecule has 3 aromatic carbocycles. The Morgan fingerprint density at radius 2 is 1.71 bits per heavy atom. The fourth-order valence-corrected chi connectivity index (χ4v) is 6.33. The zero-order chi connectivity index (χ0) is 28.2. The summed E-state index contributed by atoms with van der Waals surface area (Å²) in [5.41, 5.74) is 7.98. The van der Waals surface area contributed by atoms with Gasteiger partial charge in [-0.1, -0.05) is 79.1 Å². The second-order valence-corrected chi connectivity index (χ2v) is 11.5. The Labute approximate surface area is 242 Å². The lowest BCUT2D eigenvalue weighted by Gasteiger charge is -2.19. The number of hydrogen-bond acceptors (Lipinski definition) is 6. The topological polar surface area (TPSA) is 109 Å². The molecule has 8 nitrogen and oxygen atoms in total. The molecule has 0 radical (unpaired) electrons. The minimum atomic E-state index is -0.548. The highest BCUT2D eigenvalue weighted by Crippen LogP contribution is 2.33. The highest BCUT2D eigenvalue weighted by molar-refractivity contribution is 7.22. The number of rotatable bonds is 8. The predicted octanol–water partition coefficient (Wildman–Crippen LogP) is 6.44. The number of carbonyl (C=O) groups excluding carboxylic acids is 2. The van der Waals surface area contributed by atoms with Crippen molar-refractivity contribution in [3.8, 4) is 11.3 Å². The van der Waals surface area contributed by atoms with E-state index in [2.05, 4.69) is 34.6 Å². The van der Waals surface area contributed by atoms with Crippen LogP contribution in [-0.4, -0.2) is 31.8 Å². The van der Waals surface area contributed by atoms with Gasteiger partial charge in [-0.25, -0.2) is 10.5 Å². The first-order valence-electron chi connectivity index (χ1n) is 13.9. The number of anilines is 1. The molecule has 0 bridgehead atoms. The van der Waals surface area contributed by atoms with Gasteiger partial charge >= 0.3 is 0 Å². The number of aromatic nitrogens is 3. The lowest BCUT2D eigenvalue weighted by Crippen LogP contribution is -2.24. The number of hydroxylamine groups is 1. The SMILES string of the molecule is O=C(NO)c1ccc(Cn2nc(Cc3ccccc3)cc2-c2ccc3nc(NC(=O)C4CCCCC4)sc3c2)cc1. The van der Waals surface area contributed by atoms with E-state index in [9.17, 15) is 9.59 Å². The average molecular weight is 566 g/mol. The Hall–Kier alpha value is -4.34. The number of amides is 2. The van der Waals surface area contributed by atoms with Gasteiger partial charge in [-0.15, -0.1) is 0 Å². The maximum absolute atomic E-state index is 12.8. The minimum Gasteiger partial charge on any atom is -0.302 e. The fourth-order valence-electron chi connectivity index (χ4n) is 5.42. The van der Waals surface area contributed by atoms with Gasteiger partial charge in [-0.3, -0.25) is 19.5 Å². The molecular weight excluding hydrogens is 534 g/mol. The third kappa shape index (κ3) is 6.21. The zero-order valence-corrected chi connectivity index (χ0v) is 23.4. The van der Waals surface area contributed by atoms with E-state index in [1.54, 1.807) is 17.6 Å². The number of fused-ring (bicyclic) bond motifs is 1. The van der Waals surface area contributed by atoms with Crippen molar-refractivity contribution in [2.24, 2.45) is 5.92 Å². The van der Waals surface area contributed by atoms with Crippen molar-refractivity contribution in [1.82, 2.24) is 20.2 Å². The van der Waals surface area contributed by atoms with Crippen LogP contribution < -0.4 is 10.8 Å². The Balaban J connectivity index is 1.29. The van der Waals surface area contributed by atoms with Crippen LogP contribution in [0.3, 0.4) is 0 Å². The standard InChI is InChI=1S/C32H31N5O3S/c38-30(23-9-5-2-6-10-23)34-32-33-27-16-15-25(18-29(27)41-32)28-19-26(17-21-7-3-1-4-8-21)35-37(28)20-22-11-13-24(14-12-22)31(39)36-40/h1,3-4,7-8,11-16,18-19,23,40H,2,5-6,9-10,17,20H2,(H,36,39)(H,33,34,38). The van der Waals surface area contributed by atoms with E-state index >= 15 is 0 Å². The van der Waals surface area contributed by atoms with Crippen molar-refractivity contribution < 1.29 is 14.8 Å². The molecule has 0 saturated heterocycles. The number of nitrogens with one attached hydrogen (secondary N) is 2. The molecule has 2 aromatic heterocycles. The van der Waals surface area contributed by atoms with Crippen LogP contribution in [0.1, 0.15) is 59.3 Å². The molecule has 1 aliphatic rings. The van der Waals surface area contributed by atoms with Crippen molar-refractivity contribution in [2.75, 3.05) is 5.32 Å². The summed E-state index contributed by atoms with van der Waals surface area (Å²) in [7, 11) is 0. The first kappa shape index (κ1) is 26.9. The van der Waals surface area contributed by atoms with E-state index < -0.39 is 5.91 Å². The highest BCUT2D eigenvalue weighted by Gasteiger charge is 2.22. The lowest BCUT2D eigenvalue weighted by molar-refractivity contribution is -0.120. The van der Waals surface area contributed by atoms with E-state index in [-0.39, 0.29) is 11.8 Å². The van der Waals surface area contributed by atoms with Crippen LogP contribution in [0.5, 0.6) is 0 Å². The molecule has 0 spiro atoms. The maximum Gasteiger partial charge on any atom is 0.274 e. The first-order valence-corrected chi connectivity index (χ1v) is 14.7. The summed E-state index contributed by atoms with van der Waals surface area (Å²) >= 11 is 1.49. The summed E-state index contributed by atoms with van der Waals surface area (Å²) in [5.74, 6) is -0.389. The summed E-state index contributed by atoms with van der Waals surface area (Å²) in [6.07, 6.45) is 6.05. The molecule has 2 amide bonds. The van der Waals surface area contributed by atoms with Gasteiger partial charge in [0.25, 0.3) is 5.91 Å². The van der Waals surface area contributed by atoms with E-state index in [1.807, 2.05) is 47.1 Å². The van der Waals surface area contributed by atoms with Crippen LogP contribution >= 0.6 is 11.3 Å². The van der Waals surface area contributed by atoms with Crippen molar-refractivity contribution in [3.63, 3.8) is 0 Å². The number of nitrogens with zero attached hydrogens (tertiary/aromatic N) is 3. The van der Waals surface area contributed by atoms with E-state index in [0.29, 0.717) is 23.7 Å². The first-order chi connectivity index (χ1) is 20.1. The normalized spacial score (nSPS) is 13.8. The summed E-state index contributed by atoms with van der Waals surface area (Å²) in [4.78, 5) is 29.2. The van der Waals surface area contributed by atoms with Crippen LogP contribution in [0.2, 0.25) is 0 Å². The average Bonchev–Trinajstić information content (AvgIpc) is 3.60. The molecule has 2 heterocycles. The molecule has 0 aliphatic heterocycles. The zero-order valence-electron chi connectivity index (χ0n) is 22.5. The van der Waals surface area contributed by atoms with Crippen molar-refractivity contribution in [3.05, 3.63) is 101 Å². The third-order valence-electron chi connectivity index (χ3n) is 7.60. The maximum atomic E-state index is 12.8. The van der Waals surface area contributed by atoms with Gasteiger partial charge in [0.2, 0.25) is 5.91 Å². The third-order valence-corrected chi connectivity index (χ3v) is 8.53. The smallest absolute Gasteiger partial charge is 0.274 e. The summed E-state index contributed by atoms with van der Waals surface area (Å²) in [5, 5.41) is 17.6. The fraction of sp³-hybridized carbons (Fsp3) is 0.250. The number of carbonyl (C=O) groups is 2. The Bertz CT molecular complexity index is 1670. The second kappa shape index (κ2) is 12.0. The quantitative estimate of drug-likeness (QED) is 0.148. The summed E-state index contributed by atoms with van der Waals surface area (Å²) in [6.45, 7) is 0.509. The van der Waals surface area contributed by atoms with Crippen LogP contribution in [-0.2, 0) is 17.8 Å². The molecular formula is C32H31N5O3S. The molecule has 1 fully saturated rings. The Morgan fingerprint density at radius 3 is 2.46 bits per heavy atom. The van der Waals surface area contributed by atoms with E-state index in [4.69, 9.17) is 10.3 Å². The summed E-state index contributed by atoms with van der Waals surface area (Å²) < 4.78 is 2.98. The van der Waals surface area contributed by atoms with Gasteiger partial charge in [0.1, 0.15) is 0 Å². The molecule has 1 saturated carbocycles. The Kier molecular flexibility index (Phi) is 7.89. The van der Waals surface area contributed by atoms with E-state index in [0.717, 1.165) is 58.4 Å². The van der Waals surface area contributed by atoms with Crippen LogP contribution in [0.4, 0.5) is 5.13 Å². The second-order valence-electron chi connectivity index (χ2n) is 10.5. The van der Waals surface area contributed by atoms with Gasteiger partial charge in [0.15, 0.2) is 5.13 Å². The largest absolute Gasteiger partial charge is 0.302 e. The summed E-state index contributed by atoms with van der Waals surface area (Å²) in [6, 6.07) is 25.6.